The number of likely N-dealkylation sites (tertiary alicyclic amines) is 1. The number of carbonyl (C=O) groups excluding carboxylic acids is 3. The molecular weight excluding hydrogens is 346 g/mol. The minimum absolute atomic E-state index is 0.0334. The van der Waals surface area contributed by atoms with Crippen molar-refractivity contribution >= 4 is 17.8 Å². The fraction of sp³-hybridized carbons (Fsp3) is 0.286. The number of esters is 2. The minimum Gasteiger partial charge on any atom is -0.465 e. The zero-order valence-corrected chi connectivity index (χ0v) is 15.1. The zero-order valence-electron chi connectivity index (χ0n) is 15.1. The average Bonchev–Trinajstić information content (AvgIpc) is 3.08. The first kappa shape index (κ1) is 18.6. The largest absolute Gasteiger partial charge is 0.465 e. The third-order valence-corrected chi connectivity index (χ3v) is 4.55. The highest BCUT2D eigenvalue weighted by Crippen LogP contribution is 2.22. The van der Waals surface area contributed by atoms with Crippen LogP contribution in [-0.2, 0) is 20.7 Å². The number of ether oxygens (including phenoxy) is 2. The number of nitrogens with zero attached hydrogens (tertiary/aromatic N) is 1. The van der Waals surface area contributed by atoms with E-state index in [1.54, 1.807) is 4.90 Å². The smallest absolute Gasteiger partial charge is 0.337 e. The number of benzene rings is 2. The summed E-state index contributed by atoms with van der Waals surface area (Å²) in [5.74, 6) is -1.06. The molecule has 1 aliphatic rings. The second kappa shape index (κ2) is 8.49. The van der Waals surface area contributed by atoms with Crippen molar-refractivity contribution in [2.45, 2.75) is 12.8 Å². The Morgan fingerprint density at radius 2 is 1.78 bits per heavy atom. The van der Waals surface area contributed by atoms with E-state index in [9.17, 15) is 14.4 Å². The van der Waals surface area contributed by atoms with Crippen molar-refractivity contribution in [1.82, 2.24) is 4.90 Å². The van der Waals surface area contributed by atoms with Crippen molar-refractivity contribution in [3.63, 3.8) is 0 Å². The van der Waals surface area contributed by atoms with Crippen molar-refractivity contribution in [2.24, 2.45) is 5.92 Å². The summed E-state index contributed by atoms with van der Waals surface area (Å²) in [6.45, 7) is 0.950. The van der Waals surface area contributed by atoms with E-state index in [1.807, 2.05) is 30.3 Å². The Balaban J connectivity index is 1.53. The summed E-state index contributed by atoms with van der Waals surface area (Å²) in [6.07, 6.45) is 0.914. The summed E-state index contributed by atoms with van der Waals surface area (Å²) in [7, 11) is 1.30. The number of hydrogen-bond acceptors (Lipinski definition) is 5. The topological polar surface area (TPSA) is 72.9 Å². The predicted molar refractivity (Wildman–Crippen MR) is 98.2 cm³/mol. The fourth-order valence-corrected chi connectivity index (χ4v) is 3.03. The van der Waals surface area contributed by atoms with Crippen LogP contribution in [0.4, 0.5) is 0 Å². The summed E-state index contributed by atoms with van der Waals surface area (Å²) in [6, 6.07) is 16.0. The van der Waals surface area contributed by atoms with Gasteiger partial charge in [0.25, 0.3) is 0 Å². The molecule has 0 saturated carbocycles. The van der Waals surface area contributed by atoms with Gasteiger partial charge in [0, 0.05) is 19.5 Å². The van der Waals surface area contributed by atoms with E-state index in [-0.39, 0.29) is 12.3 Å². The Hall–Kier alpha value is -3.15. The van der Waals surface area contributed by atoms with Crippen LogP contribution in [0.1, 0.15) is 22.3 Å². The van der Waals surface area contributed by atoms with Crippen LogP contribution in [0, 0.1) is 5.92 Å². The van der Waals surface area contributed by atoms with Crippen molar-refractivity contribution in [2.75, 3.05) is 20.2 Å². The van der Waals surface area contributed by atoms with Gasteiger partial charge in [0.05, 0.1) is 18.6 Å². The maximum Gasteiger partial charge on any atom is 0.337 e. The van der Waals surface area contributed by atoms with E-state index in [0.717, 1.165) is 12.0 Å². The Kier molecular flexibility index (Phi) is 5.86. The summed E-state index contributed by atoms with van der Waals surface area (Å²) in [5, 5.41) is 0. The lowest BCUT2D eigenvalue weighted by Crippen LogP contribution is -2.29. The van der Waals surface area contributed by atoms with Gasteiger partial charge in [0.2, 0.25) is 5.91 Å². The van der Waals surface area contributed by atoms with Gasteiger partial charge in [-0.2, -0.15) is 0 Å². The SMILES string of the molecule is COC(=O)c1ccc(OC(=O)[C@@H]2CC(=O)N(CCc3ccccc3)C2)cc1. The first-order valence-electron chi connectivity index (χ1n) is 8.78. The maximum atomic E-state index is 12.4. The van der Waals surface area contributed by atoms with Gasteiger partial charge in [-0.1, -0.05) is 30.3 Å². The second-order valence-corrected chi connectivity index (χ2v) is 6.41. The molecule has 0 aromatic heterocycles. The van der Waals surface area contributed by atoms with Crippen LogP contribution in [0.3, 0.4) is 0 Å². The van der Waals surface area contributed by atoms with Crippen molar-refractivity contribution in [1.29, 1.82) is 0 Å². The molecule has 140 valence electrons. The molecule has 0 radical (unpaired) electrons. The lowest BCUT2D eigenvalue weighted by Gasteiger charge is -2.16. The van der Waals surface area contributed by atoms with E-state index in [4.69, 9.17) is 4.74 Å². The minimum atomic E-state index is -0.478. The van der Waals surface area contributed by atoms with E-state index < -0.39 is 17.9 Å². The van der Waals surface area contributed by atoms with Gasteiger partial charge in [0.15, 0.2) is 0 Å². The van der Waals surface area contributed by atoms with E-state index in [1.165, 1.54) is 31.4 Å². The number of methoxy groups -OCH3 is 1. The normalized spacial score (nSPS) is 16.3. The molecule has 0 spiro atoms. The van der Waals surface area contributed by atoms with Gasteiger partial charge in [-0.05, 0) is 36.2 Å². The van der Waals surface area contributed by atoms with Crippen LogP contribution in [0.2, 0.25) is 0 Å². The van der Waals surface area contributed by atoms with Gasteiger partial charge in [-0.25, -0.2) is 4.79 Å². The van der Waals surface area contributed by atoms with Crippen molar-refractivity contribution < 1.29 is 23.9 Å². The molecule has 0 bridgehead atoms. The molecule has 2 aromatic carbocycles. The summed E-state index contributed by atoms with van der Waals surface area (Å²) in [4.78, 5) is 37.7. The van der Waals surface area contributed by atoms with Crippen LogP contribution in [0.5, 0.6) is 5.75 Å². The lowest BCUT2D eigenvalue weighted by molar-refractivity contribution is -0.139. The van der Waals surface area contributed by atoms with Gasteiger partial charge in [-0.3, -0.25) is 9.59 Å². The number of amides is 1. The standard InChI is InChI=1S/C21H21NO5/c1-26-20(24)16-7-9-18(10-8-16)27-21(25)17-13-19(23)22(14-17)12-11-15-5-3-2-4-6-15/h2-10,17H,11-14H2,1H3/t17-/m1/s1. The molecular formula is C21H21NO5. The molecule has 6 heteroatoms. The Labute approximate surface area is 157 Å². The van der Waals surface area contributed by atoms with Crippen molar-refractivity contribution in [3.05, 3.63) is 65.7 Å². The van der Waals surface area contributed by atoms with Gasteiger partial charge in [0.1, 0.15) is 5.75 Å². The molecule has 0 aliphatic carbocycles. The van der Waals surface area contributed by atoms with E-state index >= 15 is 0 Å². The average molecular weight is 367 g/mol. The maximum absolute atomic E-state index is 12.4. The first-order chi connectivity index (χ1) is 13.1. The van der Waals surface area contributed by atoms with E-state index in [0.29, 0.717) is 24.4 Å². The monoisotopic (exact) mass is 367 g/mol. The summed E-state index contributed by atoms with van der Waals surface area (Å²) >= 11 is 0. The Morgan fingerprint density at radius 3 is 2.44 bits per heavy atom. The quantitative estimate of drug-likeness (QED) is 0.579. The second-order valence-electron chi connectivity index (χ2n) is 6.41. The zero-order chi connectivity index (χ0) is 19.2. The number of rotatable bonds is 6. The van der Waals surface area contributed by atoms with Gasteiger partial charge >= 0.3 is 11.9 Å². The molecule has 3 rings (SSSR count). The molecule has 1 aliphatic heterocycles. The number of carbonyl (C=O) groups is 3. The molecule has 1 fully saturated rings. The summed E-state index contributed by atoms with van der Waals surface area (Å²) < 4.78 is 9.98. The molecule has 1 amide bonds. The molecule has 0 N–H and O–H groups in total. The third-order valence-electron chi connectivity index (χ3n) is 4.55. The Bertz CT molecular complexity index is 816. The number of hydrogen-bond donors (Lipinski definition) is 0. The van der Waals surface area contributed by atoms with Crippen LogP contribution >= 0.6 is 0 Å². The molecule has 27 heavy (non-hydrogen) atoms. The van der Waals surface area contributed by atoms with Crippen LogP contribution in [0.15, 0.2) is 54.6 Å². The van der Waals surface area contributed by atoms with Crippen LogP contribution < -0.4 is 4.74 Å². The highest BCUT2D eigenvalue weighted by atomic mass is 16.5. The lowest BCUT2D eigenvalue weighted by atomic mass is 10.1. The first-order valence-corrected chi connectivity index (χ1v) is 8.78. The molecule has 1 atom stereocenters. The molecule has 1 heterocycles. The van der Waals surface area contributed by atoms with Crippen molar-refractivity contribution in [3.8, 4) is 5.75 Å². The van der Waals surface area contributed by atoms with Gasteiger partial charge < -0.3 is 14.4 Å². The highest BCUT2D eigenvalue weighted by molar-refractivity contribution is 5.90. The van der Waals surface area contributed by atoms with Crippen LogP contribution in [0.25, 0.3) is 0 Å². The molecule has 2 aromatic rings. The predicted octanol–water partition coefficient (Wildman–Crippen LogP) is 2.47. The molecule has 6 nitrogen and oxygen atoms in total. The molecule has 0 unspecified atom stereocenters. The van der Waals surface area contributed by atoms with E-state index in [2.05, 4.69) is 4.74 Å². The third kappa shape index (κ3) is 4.73. The Morgan fingerprint density at radius 1 is 1.07 bits per heavy atom. The highest BCUT2D eigenvalue weighted by Gasteiger charge is 2.35. The summed E-state index contributed by atoms with van der Waals surface area (Å²) in [5.41, 5.74) is 1.53. The van der Waals surface area contributed by atoms with Gasteiger partial charge in [-0.15, -0.1) is 0 Å². The van der Waals surface area contributed by atoms with Crippen LogP contribution in [-0.4, -0.2) is 42.9 Å². The molecule has 1 saturated heterocycles. The fourth-order valence-electron chi connectivity index (χ4n) is 3.03.